The summed E-state index contributed by atoms with van der Waals surface area (Å²) in [6.45, 7) is 4.25. The molecule has 1 atom stereocenters. The Morgan fingerprint density at radius 2 is 1.91 bits per heavy atom. The molecule has 0 aliphatic carbocycles. The van der Waals surface area contributed by atoms with Crippen LogP contribution >= 0.6 is 23.4 Å². The molecule has 1 N–H and O–H groups in total. The van der Waals surface area contributed by atoms with Crippen LogP contribution in [0.25, 0.3) is 17.1 Å². The summed E-state index contributed by atoms with van der Waals surface area (Å²) in [6.07, 6.45) is 0.456. The maximum atomic E-state index is 12.5. The molecule has 10 heteroatoms. The van der Waals surface area contributed by atoms with Crippen LogP contribution in [0.1, 0.15) is 31.7 Å². The minimum atomic E-state index is -3.05. The molecule has 0 spiro atoms. The summed E-state index contributed by atoms with van der Waals surface area (Å²) >= 11 is 7.35. The Morgan fingerprint density at radius 1 is 1.18 bits per heavy atom. The zero-order chi connectivity index (χ0) is 23.6. The summed E-state index contributed by atoms with van der Waals surface area (Å²) in [6, 6.07) is 15.1. The third-order valence-electron chi connectivity index (χ3n) is 5.47. The predicted octanol–water partition coefficient (Wildman–Crippen LogP) is 4.11. The standard InChI is InChI=1S/C23H25ClN4O3S2/c1-15(2)19-5-3-4-6-20(19)28-22(16-7-9-17(24)10-8-16)26-27-23(28)32-13-21(29)25-18-11-12-33(30,31)14-18/h3-10,15,18H,11-14H2,1-2H3,(H,25,29). The van der Waals surface area contributed by atoms with Crippen molar-refractivity contribution in [2.45, 2.75) is 37.4 Å². The van der Waals surface area contributed by atoms with E-state index in [1.807, 2.05) is 34.9 Å². The smallest absolute Gasteiger partial charge is 0.230 e. The first-order valence-electron chi connectivity index (χ1n) is 10.7. The zero-order valence-corrected chi connectivity index (χ0v) is 20.8. The number of thioether (sulfide) groups is 1. The number of aromatic nitrogens is 3. The number of rotatable bonds is 7. The van der Waals surface area contributed by atoms with E-state index in [0.29, 0.717) is 22.4 Å². The van der Waals surface area contributed by atoms with Crippen LogP contribution in [0.15, 0.2) is 53.7 Å². The normalized spacial score (nSPS) is 17.4. The van der Waals surface area contributed by atoms with E-state index in [0.717, 1.165) is 16.8 Å². The molecular formula is C23H25ClN4O3S2. The summed E-state index contributed by atoms with van der Waals surface area (Å²) in [5.41, 5.74) is 2.94. The summed E-state index contributed by atoms with van der Waals surface area (Å²) < 4.78 is 25.3. The van der Waals surface area contributed by atoms with Gasteiger partial charge in [0, 0.05) is 16.6 Å². The van der Waals surface area contributed by atoms with Crippen LogP contribution in [0.4, 0.5) is 0 Å². The van der Waals surface area contributed by atoms with Crippen molar-refractivity contribution in [1.82, 2.24) is 20.1 Å². The van der Waals surface area contributed by atoms with Gasteiger partial charge in [-0.25, -0.2) is 8.42 Å². The summed E-state index contributed by atoms with van der Waals surface area (Å²) in [5.74, 6) is 0.940. The molecule has 1 aromatic heterocycles. The van der Waals surface area contributed by atoms with Crippen LogP contribution < -0.4 is 5.32 Å². The highest BCUT2D eigenvalue weighted by Gasteiger charge is 2.29. The number of hydrogen-bond donors (Lipinski definition) is 1. The van der Waals surface area contributed by atoms with E-state index in [1.165, 1.54) is 11.8 Å². The second kappa shape index (κ2) is 9.87. The lowest BCUT2D eigenvalue weighted by Crippen LogP contribution is -2.36. The second-order valence-corrected chi connectivity index (χ2v) is 11.9. The highest BCUT2D eigenvalue weighted by molar-refractivity contribution is 7.99. The molecule has 0 bridgehead atoms. The lowest BCUT2D eigenvalue weighted by Gasteiger charge is -2.17. The third-order valence-corrected chi connectivity index (χ3v) is 8.41. The number of halogens is 1. The molecule has 1 aliphatic rings. The number of sulfone groups is 1. The maximum Gasteiger partial charge on any atom is 0.230 e. The first-order valence-corrected chi connectivity index (χ1v) is 13.9. The molecule has 1 fully saturated rings. The van der Waals surface area contributed by atoms with E-state index in [2.05, 4.69) is 35.4 Å². The molecule has 3 aromatic rings. The van der Waals surface area contributed by atoms with Crippen LogP contribution in [0.5, 0.6) is 0 Å². The molecule has 33 heavy (non-hydrogen) atoms. The molecule has 2 heterocycles. The van der Waals surface area contributed by atoms with Gasteiger partial charge < -0.3 is 5.32 Å². The molecule has 0 radical (unpaired) electrons. The lowest BCUT2D eigenvalue weighted by atomic mass is 10.0. The third kappa shape index (κ3) is 5.59. The molecule has 7 nitrogen and oxygen atoms in total. The molecule has 1 saturated heterocycles. The monoisotopic (exact) mass is 504 g/mol. The van der Waals surface area contributed by atoms with Crippen LogP contribution in [0, 0.1) is 0 Å². The average molecular weight is 505 g/mol. The topological polar surface area (TPSA) is 94.0 Å². The van der Waals surface area contributed by atoms with Gasteiger partial charge >= 0.3 is 0 Å². The van der Waals surface area contributed by atoms with E-state index in [-0.39, 0.29) is 35.1 Å². The predicted molar refractivity (Wildman–Crippen MR) is 132 cm³/mol. The van der Waals surface area contributed by atoms with Crippen molar-refractivity contribution in [3.05, 3.63) is 59.1 Å². The largest absolute Gasteiger partial charge is 0.352 e. The Labute approximate surface area is 202 Å². The maximum absolute atomic E-state index is 12.5. The molecule has 2 aromatic carbocycles. The number of hydrogen-bond acceptors (Lipinski definition) is 6. The van der Waals surface area contributed by atoms with Crippen molar-refractivity contribution in [2.24, 2.45) is 0 Å². The van der Waals surface area contributed by atoms with Gasteiger partial charge in [0.15, 0.2) is 20.8 Å². The fourth-order valence-electron chi connectivity index (χ4n) is 3.85. The lowest BCUT2D eigenvalue weighted by molar-refractivity contribution is -0.119. The van der Waals surface area contributed by atoms with E-state index in [9.17, 15) is 13.2 Å². The SMILES string of the molecule is CC(C)c1ccccc1-n1c(SCC(=O)NC2CCS(=O)(=O)C2)nnc1-c1ccc(Cl)cc1. The van der Waals surface area contributed by atoms with Gasteiger partial charge in [-0.3, -0.25) is 9.36 Å². The van der Waals surface area contributed by atoms with Gasteiger partial charge in [0.1, 0.15) is 0 Å². The number of para-hydroxylation sites is 1. The van der Waals surface area contributed by atoms with Crippen LogP contribution in [0.3, 0.4) is 0 Å². The van der Waals surface area contributed by atoms with Crippen LogP contribution in [-0.4, -0.2) is 52.4 Å². The molecule has 1 aliphatic heterocycles. The molecule has 1 amide bonds. The highest BCUT2D eigenvalue weighted by Crippen LogP contribution is 2.32. The van der Waals surface area contributed by atoms with Gasteiger partial charge in [-0.2, -0.15) is 0 Å². The Kier molecular flexibility index (Phi) is 7.11. The molecule has 4 rings (SSSR count). The fourth-order valence-corrected chi connectivity index (χ4v) is 6.41. The minimum absolute atomic E-state index is 0.00205. The average Bonchev–Trinajstić information content (AvgIpc) is 3.35. The van der Waals surface area contributed by atoms with Gasteiger partial charge in [-0.05, 0) is 48.2 Å². The number of nitrogens with zero attached hydrogens (tertiary/aromatic N) is 3. The van der Waals surface area contributed by atoms with Crippen molar-refractivity contribution in [3.8, 4) is 17.1 Å². The molecular weight excluding hydrogens is 480 g/mol. The number of benzene rings is 2. The number of nitrogens with one attached hydrogen (secondary N) is 1. The van der Waals surface area contributed by atoms with Crippen molar-refractivity contribution in [1.29, 1.82) is 0 Å². The number of carbonyl (C=O) groups is 1. The van der Waals surface area contributed by atoms with Gasteiger partial charge in [0.05, 0.1) is 22.9 Å². The van der Waals surface area contributed by atoms with E-state index < -0.39 is 9.84 Å². The Balaban J connectivity index is 1.63. The van der Waals surface area contributed by atoms with Gasteiger partial charge in [-0.1, -0.05) is 55.4 Å². The zero-order valence-electron chi connectivity index (χ0n) is 18.4. The van der Waals surface area contributed by atoms with Gasteiger partial charge in [-0.15, -0.1) is 10.2 Å². The van der Waals surface area contributed by atoms with E-state index in [1.54, 1.807) is 12.1 Å². The van der Waals surface area contributed by atoms with E-state index in [4.69, 9.17) is 11.6 Å². The summed E-state index contributed by atoms with van der Waals surface area (Å²) in [5, 5.41) is 12.9. The number of carbonyl (C=O) groups excluding carboxylic acids is 1. The fraction of sp³-hybridized carbons (Fsp3) is 0.348. The first kappa shape index (κ1) is 23.8. The van der Waals surface area contributed by atoms with Gasteiger partial charge in [0.2, 0.25) is 5.91 Å². The Hall–Kier alpha value is -2.36. The van der Waals surface area contributed by atoms with Crippen LogP contribution in [0.2, 0.25) is 5.02 Å². The number of amides is 1. The summed E-state index contributed by atoms with van der Waals surface area (Å²) in [4.78, 5) is 12.5. The summed E-state index contributed by atoms with van der Waals surface area (Å²) in [7, 11) is -3.05. The van der Waals surface area contributed by atoms with Crippen molar-refractivity contribution in [2.75, 3.05) is 17.3 Å². The van der Waals surface area contributed by atoms with Crippen LogP contribution in [-0.2, 0) is 14.6 Å². The Morgan fingerprint density at radius 3 is 2.58 bits per heavy atom. The van der Waals surface area contributed by atoms with Gasteiger partial charge in [0.25, 0.3) is 0 Å². The quantitative estimate of drug-likeness (QED) is 0.487. The second-order valence-electron chi connectivity index (χ2n) is 8.32. The molecule has 1 unspecified atom stereocenters. The first-order chi connectivity index (χ1) is 15.7. The van der Waals surface area contributed by atoms with Crippen molar-refractivity contribution in [3.63, 3.8) is 0 Å². The minimum Gasteiger partial charge on any atom is -0.352 e. The van der Waals surface area contributed by atoms with Crippen molar-refractivity contribution < 1.29 is 13.2 Å². The molecule has 0 saturated carbocycles. The van der Waals surface area contributed by atoms with Crippen molar-refractivity contribution >= 4 is 39.1 Å². The highest BCUT2D eigenvalue weighted by atomic mass is 35.5. The van der Waals surface area contributed by atoms with E-state index >= 15 is 0 Å². The molecule has 174 valence electrons. The Bertz CT molecular complexity index is 1260.